The lowest BCUT2D eigenvalue weighted by Gasteiger charge is -2.32. The summed E-state index contributed by atoms with van der Waals surface area (Å²) in [5.74, 6) is 0. The molecule has 3 nitrogen and oxygen atoms in total. The Labute approximate surface area is 97.9 Å². The topological polar surface area (TPSA) is 49.5 Å². The van der Waals surface area contributed by atoms with Crippen molar-refractivity contribution in [3.63, 3.8) is 0 Å². The van der Waals surface area contributed by atoms with E-state index in [2.05, 4.69) is 18.7 Å². The molecule has 0 aliphatic rings. The van der Waals surface area contributed by atoms with Crippen LogP contribution in [0.25, 0.3) is 0 Å². The quantitative estimate of drug-likeness (QED) is 0.726. The van der Waals surface area contributed by atoms with E-state index in [1.54, 1.807) is 0 Å². The number of aliphatic hydroxyl groups excluding tert-OH is 1. The monoisotopic (exact) mass is 222 g/mol. The molecule has 1 rings (SSSR count). The minimum absolute atomic E-state index is 0.181. The summed E-state index contributed by atoms with van der Waals surface area (Å²) in [6, 6.07) is 8.33. The van der Waals surface area contributed by atoms with Gasteiger partial charge in [0.2, 0.25) is 0 Å². The zero-order chi connectivity index (χ0) is 12.0. The molecule has 0 atom stereocenters. The molecule has 3 N–H and O–H groups in total. The molecular formula is C13H22N2O. The van der Waals surface area contributed by atoms with Crippen molar-refractivity contribution in [2.24, 2.45) is 0 Å². The first-order valence-electron chi connectivity index (χ1n) is 5.96. The minimum atomic E-state index is 0.181. The van der Waals surface area contributed by atoms with Crippen molar-refractivity contribution in [2.45, 2.75) is 32.7 Å². The Balaban J connectivity index is 2.87. The van der Waals surface area contributed by atoms with Gasteiger partial charge in [0.15, 0.2) is 0 Å². The molecule has 3 heteroatoms. The summed E-state index contributed by atoms with van der Waals surface area (Å²) in [7, 11) is 0. The lowest BCUT2D eigenvalue weighted by Crippen LogP contribution is -2.36. The molecule has 0 aliphatic heterocycles. The van der Waals surface area contributed by atoms with Crippen molar-refractivity contribution in [1.29, 1.82) is 0 Å². The first-order valence-corrected chi connectivity index (χ1v) is 5.96. The van der Waals surface area contributed by atoms with Gasteiger partial charge in [-0.05, 0) is 37.1 Å². The Kier molecular flexibility index (Phi) is 5.12. The fraction of sp³-hybridized carbons (Fsp3) is 0.538. The van der Waals surface area contributed by atoms with Gasteiger partial charge in [-0.25, -0.2) is 0 Å². The van der Waals surface area contributed by atoms with Crippen LogP contribution in [0.15, 0.2) is 24.3 Å². The molecule has 1 aromatic rings. The second-order valence-electron chi connectivity index (χ2n) is 3.98. The van der Waals surface area contributed by atoms with Gasteiger partial charge in [-0.15, -0.1) is 0 Å². The number of nitrogens with zero attached hydrogens (tertiary/aromatic N) is 1. The van der Waals surface area contributed by atoms with Gasteiger partial charge in [-0.3, -0.25) is 0 Å². The summed E-state index contributed by atoms with van der Waals surface area (Å²) < 4.78 is 0. The van der Waals surface area contributed by atoms with Crippen LogP contribution in [0.5, 0.6) is 0 Å². The highest BCUT2D eigenvalue weighted by atomic mass is 16.3. The highest BCUT2D eigenvalue weighted by molar-refractivity contribution is 5.53. The van der Waals surface area contributed by atoms with Crippen LogP contribution in [-0.2, 0) is 0 Å². The van der Waals surface area contributed by atoms with Crippen LogP contribution in [0.1, 0.15) is 26.7 Å². The predicted molar refractivity (Wildman–Crippen MR) is 69.7 cm³/mol. The molecule has 0 saturated heterocycles. The summed E-state index contributed by atoms with van der Waals surface area (Å²) >= 11 is 0. The van der Waals surface area contributed by atoms with E-state index in [1.165, 1.54) is 0 Å². The lowest BCUT2D eigenvalue weighted by atomic mass is 10.1. The van der Waals surface area contributed by atoms with Crippen LogP contribution in [0, 0.1) is 0 Å². The maximum Gasteiger partial charge on any atom is 0.0606 e. The van der Waals surface area contributed by atoms with Crippen molar-refractivity contribution >= 4 is 11.4 Å². The number of anilines is 2. The standard InChI is InChI=1S/C13H22N2O/c1-3-12(4-2)15(9-10-16)13-7-5-11(14)6-8-13/h5-8,12,16H,3-4,9-10,14H2,1-2H3. The molecule has 0 fully saturated rings. The van der Waals surface area contributed by atoms with Crippen molar-refractivity contribution in [2.75, 3.05) is 23.8 Å². The Morgan fingerprint density at radius 3 is 2.19 bits per heavy atom. The Hall–Kier alpha value is -1.22. The maximum atomic E-state index is 9.13. The second kappa shape index (κ2) is 6.38. The van der Waals surface area contributed by atoms with Gasteiger partial charge in [0.1, 0.15) is 0 Å². The van der Waals surface area contributed by atoms with E-state index in [1.807, 2.05) is 24.3 Å². The van der Waals surface area contributed by atoms with E-state index < -0.39 is 0 Å². The van der Waals surface area contributed by atoms with E-state index >= 15 is 0 Å². The van der Waals surface area contributed by atoms with Crippen LogP contribution in [0.2, 0.25) is 0 Å². The van der Waals surface area contributed by atoms with Gasteiger partial charge < -0.3 is 15.7 Å². The SMILES string of the molecule is CCC(CC)N(CCO)c1ccc(N)cc1. The third-order valence-electron chi connectivity index (χ3n) is 2.95. The van der Waals surface area contributed by atoms with Crippen molar-refractivity contribution < 1.29 is 5.11 Å². The van der Waals surface area contributed by atoms with Crippen LogP contribution in [0.4, 0.5) is 11.4 Å². The first-order chi connectivity index (χ1) is 7.72. The summed E-state index contributed by atoms with van der Waals surface area (Å²) in [4.78, 5) is 2.25. The fourth-order valence-corrected chi connectivity index (χ4v) is 2.03. The van der Waals surface area contributed by atoms with Crippen molar-refractivity contribution in [1.82, 2.24) is 0 Å². The number of hydrogen-bond acceptors (Lipinski definition) is 3. The molecule has 0 spiro atoms. The molecule has 1 aromatic carbocycles. The minimum Gasteiger partial charge on any atom is -0.399 e. The summed E-state index contributed by atoms with van der Waals surface area (Å²) in [6.45, 7) is 5.21. The van der Waals surface area contributed by atoms with E-state index in [0.717, 1.165) is 24.2 Å². The van der Waals surface area contributed by atoms with Crippen LogP contribution in [0.3, 0.4) is 0 Å². The zero-order valence-electron chi connectivity index (χ0n) is 10.2. The third-order valence-corrected chi connectivity index (χ3v) is 2.95. The Morgan fingerprint density at radius 2 is 1.75 bits per heavy atom. The fourth-order valence-electron chi connectivity index (χ4n) is 2.03. The average molecular weight is 222 g/mol. The normalized spacial score (nSPS) is 10.8. The van der Waals surface area contributed by atoms with Gasteiger partial charge in [0.25, 0.3) is 0 Å². The number of nitrogens with two attached hydrogens (primary N) is 1. The summed E-state index contributed by atoms with van der Waals surface area (Å²) in [6.07, 6.45) is 2.17. The van der Waals surface area contributed by atoms with Crippen LogP contribution >= 0.6 is 0 Å². The van der Waals surface area contributed by atoms with E-state index in [0.29, 0.717) is 12.6 Å². The highest BCUT2D eigenvalue weighted by Gasteiger charge is 2.14. The third kappa shape index (κ3) is 3.14. The molecule has 0 aromatic heterocycles. The first kappa shape index (κ1) is 12.8. The average Bonchev–Trinajstić information content (AvgIpc) is 2.31. The molecule has 0 bridgehead atoms. The number of hydrogen-bond donors (Lipinski definition) is 2. The van der Waals surface area contributed by atoms with Gasteiger partial charge >= 0.3 is 0 Å². The predicted octanol–water partition coefficient (Wildman–Crippen LogP) is 2.26. The molecular weight excluding hydrogens is 200 g/mol. The molecule has 0 amide bonds. The zero-order valence-corrected chi connectivity index (χ0v) is 10.2. The van der Waals surface area contributed by atoms with E-state index in [-0.39, 0.29) is 6.61 Å². The molecule has 16 heavy (non-hydrogen) atoms. The molecule has 0 aliphatic carbocycles. The van der Waals surface area contributed by atoms with Gasteiger partial charge in [-0.1, -0.05) is 13.8 Å². The number of nitrogen functional groups attached to an aromatic ring is 1. The second-order valence-corrected chi connectivity index (χ2v) is 3.98. The highest BCUT2D eigenvalue weighted by Crippen LogP contribution is 2.21. The van der Waals surface area contributed by atoms with Gasteiger partial charge in [0.05, 0.1) is 6.61 Å². The Bertz CT molecular complexity index is 293. The summed E-state index contributed by atoms with van der Waals surface area (Å²) in [5, 5.41) is 9.13. The lowest BCUT2D eigenvalue weighted by molar-refractivity contribution is 0.296. The molecule has 0 unspecified atom stereocenters. The Morgan fingerprint density at radius 1 is 1.19 bits per heavy atom. The molecule has 0 radical (unpaired) electrons. The molecule has 0 saturated carbocycles. The van der Waals surface area contributed by atoms with Crippen LogP contribution in [-0.4, -0.2) is 24.3 Å². The molecule has 90 valence electrons. The van der Waals surface area contributed by atoms with Gasteiger partial charge in [-0.2, -0.15) is 0 Å². The number of benzene rings is 1. The van der Waals surface area contributed by atoms with E-state index in [4.69, 9.17) is 10.8 Å². The number of rotatable bonds is 6. The summed E-state index contributed by atoms with van der Waals surface area (Å²) in [5.41, 5.74) is 7.59. The smallest absolute Gasteiger partial charge is 0.0606 e. The van der Waals surface area contributed by atoms with Crippen molar-refractivity contribution in [3.8, 4) is 0 Å². The van der Waals surface area contributed by atoms with Crippen molar-refractivity contribution in [3.05, 3.63) is 24.3 Å². The van der Waals surface area contributed by atoms with E-state index in [9.17, 15) is 0 Å². The maximum absolute atomic E-state index is 9.13. The largest absolute Gasteiger partial charge is 0.399 e. The molecule has 0 heterocycles. The number of aliphatic hydroxyl groups is 1. The van der Waals surface area contributed by atoms with Crippen LogP contribution < -0.4 is 10.6 Å². The van der Waals surface area contributed by atoms with Gasteiger partial charge in [0, 0.05) is 24.0 Å².